The van der Waals surface area contributed by atoms with Gasteiger partial charge in [-0.25, -0.2) is 0 Å². The van der Waals surface area contributed by atoms with Crippen LogP contribution in [-0.2, 0) is 17.8 Å². The van der Waals surface area contributed by atoms with Crippen LogP contribution in [0, 0.1) is 0 Å². The van der Waals surface area contributed by atoms with Gasteiger partial charge in [0, 0.05) is 32.4 Å². The Labute approximate surface area is 143 Å². The molecule has 0 aromatic heterocycles. The van der Waals surface area contributed by atoms with Crippen LogP contribution in [0.15, 0.2) is 48.5 Å². The van der Waals surface area contributed by atoms with Gasteiger partial charge in [-0.15, -0.1) is 0 Å². The molecule has 1 heterocycles. The number of nitrogens with zero attached hydrogens (tertiary/aromatic N) is 2. The summed E-state index contributed by atoms with van der Waals surface area (Å²) in [6.45, 7) is 2.40. The topological polar surface area (TPSA) is 23.6 Å². The third-order valence-electron chi connectivity index (χ3n) is 5.45. The lowest BCUT2D eigenvalue weighted by molar-refractivity contribution is -0.133. The van der Waals surface area contributed by atoms with Gasteiger partial charge in [-0.3, -0.25) is 4.79 Å². The van der Waals surface area contributed by atoms with E-state index in [-0.39, 0.29) is 5.92 Å². The summed E-state index contributed by atoms with van der Waals surface area (Å²) in [7, 11) is 2.11. The van der Waals surface area contributed by atoms with Crippen LogP contribution in [0.25, 0.3) is 0 Å². The summed E-state index contributed by atoms with van der Waals surface area (Å²) in [5.41, 5.74) is 5.10. The first kappa shape index (κ1) is 15.3. The molecule has 3 heteroatoms. The van der Waals surface area contributed by atoms with E-state index in [0.717, 1.165) is 38.9 Å². The molecule has 0 radical (unpaired) electrons. The van der Waals surface area contributed by atoms with Crippen LogP contribution in [0.5, 0.6) is 0 Å². The smallest absolute Gasteiger partial charge is 0.230 e. The number of benzene rings is 2. The molecule has 0 bridgehead atoms. The molecule has 4 rings (SSSR count). The summed E-state index contributed by atoms with van der Waals surface area (Å²) in [5, 5.41) is 0. The highest BCUT2D eigenvalue weighted by Gasteiger charge is 2.31. The highest BCUT2D eigenvalue weighted by Crippen LogP contribution is 2.34. The molecule has 1 aliphatic heterocycles. The molecule has 0 N–H and O–H groups in total. The predicted molar refractivity (Wildman–Crippen MR) is 97.3 cm³/mol. The van der Waals surface area contributed by atoms with Gasteiger partial charge in [-0.1, -0.05) is 42.5 Å². The molecule has 3 nitrogen and oxygen atoms in total. The second kappa shape index (κ2) is 6.31. The summed E-state index contributed by atoms with van der Waals surface area (Å²) in [4.78, 5) is 17.6. The maximum atomic E-state index is 13.3. The van der Waals surface area contributed by atoms with E-state index in [1.54, 1.807) is 0 Å². The Balaban J connectivity index is 1.62. The number of rotatable bonds is 1. The molecule has 1 unspecified atom stereocenters. The number of likely N-dealkylation sites (N-methyl/N-ethyl adjacent to an activating group) is 1. The standard InChI is InChI=1S/C21H24N2O/c1-22-13-14-23(15-17-8-3-5-12-20(17)22)21(24)19-11-6-9-16-7-2-4-10-18(16)19/h2-5,7-8,10,12,19H,6,9,11,13-15H2,1H3. The van der Waals surface area contributed by atoms with Crippen molar-refractivity contribution in [2.24, 2.45) is 0 Å². The minimum Gasteiger partial charge on any atom is -0.373 e. The van der Waals surface area contributed by atoms with Gasteiger partial charge in [0.2, 0.25) is 5.91 Å². The summed E-state index contributed by atoms with van der Waals surface area (Å²) < 4.78 is 0. The van der Waals surface area contributed by atoms with Crippen molar-refractivity contribution in [2.75, 3.05) is 25.0 Å². The lowest BCUT2D eigenvalue weighted by atomic mass is 9.82. The van der Waals surface area contributed by atoms with Crippen LogP contribution >= 0.6 is 0 Å². The number of aryl methyl sites for hydroxylation is 1. The molecular formula is C21H24N2O. The van der Waals surface area contributed by atoms with Crippen molar-refractivity contribution in [1.29, 1.82) is 0 Å². The number of carbonyl (C=O) groups is 1. The van der Waals surface area contributed by atoms with Crippen molar-refractivity contribution in [3.63, 3.8) is 0 Å². The Morgan fingerprint density at radius 1 is 1.00 bits per heavy atom. The van der Waals surface area contributed by atoms with E-state index >= 15 is 0 Å². The van der Waals surface area contributed by atoms with E-state index in [4.69, 9.17) is 0 Å². The largest absolute Gasteiger partial charge is 0.373 e. The molecule has 0 saturated carbocycles. The third kappa shape index (κ3) is 2.68. The van der Waals surface area contributed by atoms with Crippen molar-refractivity contribution in [3.05, 3.63) is 65.2 Å². The lowest BCUT2D eigenvalue weighted by Crippen LogP contribution is -2.38. The average molecular weight is 320 g/mol. The molecule has 124 valence electrons. The zero-order chi connectivity index (χ0) is 16.5. The molecule has 2 aliphatic rings. The van der Waals surface area contributed by atoms with Gasteiger partial charge in [0.15, 0.2) is 0 Å². The number of amides is 1. The monoisotopic (exact) mass is 320 g/mol. The second-order valence-corrected chi connectivity index (χ2v) is 6.95. The Hall–Kier alpha value is -2.29. The SMILES string of the molecule is CN1CCN(C(=O)C2CCCc3ccccc32)Cc2ccccc21. The molecule has 0 spiro atoms. The van der Waals surface area contributed by atoms with Crippen molar-refractivity contribution in [1.82, 2.24) is 4.90 Å². The first-order chi connectivity index (χ1) is 11.7. The predicted octanol–water partition coefficient (Wildman–Crippen LogP) is 3.59. The van der Waals surface area contributed by atoms with Gasteiger partial charge in [-0.05, 0) is 42.0 Å². The van der Waals surface area contributed by atoms with Gasteiger partial charge in [0.05, 0.1) is 5.92 Å². The summed E-state index contributed by atoms with van der Waals surface area (Å²) in [6, 6.07) is 16.9. The minimum atomic E-state index is 0.0329. The fourth-order valence-electron chi connectivity index (χ4n) is 4.11. The molecule has 1 aliphatic carbocycles. The van der Waals surface area contributed by atoms with E-state index in [1.165, 1.54) is 22.4 Å². The van der Waals surface area contributed by atoms with Gasteiger partial charge in [0.25, 0.3) is 0 Å². The quantitative estimate of drug-likeness (QED) is 0.802. The molecule has 0 fully saturated rings. The van der Waals surface area contributed by atoms with Crippen LogP contribution in [0.1, 0.15) is 35.4 Å². The first-order valence-corrected chi connectivity index (χ1v) is 8.89. The summed E-state index contributed by atoms with van der Waals surface area (Å²) in [6.07, 6.45) is 3.19. The molecule has 24 heavy (non-hydrogen) atoms. The fraction of sp³-hybridized carbons (Fsp3) is 0.381. The van der Waals surface area contributed by atoms with Crippen molar-refractivity contribution in [2.45, 2.75) is 31.7 Å². The Kier molecular flexibility index (Phi) is 4.01. The minimum absolute atomic E-state index is 0.0329. The Morgan fingerprint density at radius 3 is 2.62 bits per heavy atom. The third-order valence-corrected chi connectivity index (χ3v) is 5.45. The van der Waals surface area contributed by atoms with Gasteiger partial charge in [0.1, 0.15) is 0 Å². The molecule has 2 aromatic carbocycles. The fourth-order valence-corrected chi connectivity index (χ4v) is 4.11. The van der Waals surface area contributed by atoms with E-state index < -0.39 is 0 Å². The normalized spacial score (nSPS) is 20.1. The molecule has 1 atom stereocenters. The number of anilines is 1. The Morgan fingerprint density at radius 2 is 1.75 bits per heavy atom. The highest BCUT2D eigenvalue weighted by atomic mass is 16.2. The van der Waals surface area contributed by atoms with Crippen LogP contribution in [-0.4, -0.2) is 30.9 Å². The van der Waals surface area contributed by atoms with E-state index in [2.05, 4.69) is 65.4 Å². The van der Waals surface area contributed by atoms with Gasteiger partial charge >= 0.3 is 0 Å². The van der Waals surface area contributed by atoms with Crippen molar-refractivity contribution >= 4 is 11.6 Å². The van der Waals surface area contributed by atoms with Gasteiger partial charge in [-0.2, -0.15) is 0 Å². The lowest BCUT2D eigenvalue weighted by Gasteiger charge is -2.30. The molecule has 1 amide bonds. The highest BCUT2D eigenvalue weighted by molar-refractivity contribution is 5.85. The number of hydrogen-bond donors (Lipinski definition) is 0. The van der Waals surface area contributed by atoms with Crippen LogP contribution in [0.3, 0.4) is 0 Å². The first-order valence-electron chi connectivity index (χ1n) is 8.89. The maximum Gasteiger partial charge on any atom is 0.230 e. The second-order valence-electron chi connectivity index (χ2n) is 6.95. The number of para-hydroxylation sites is 1. The Bertz CT molecular complexity index is 755. The van der Waals surface area contributed by atoms with Crippen molar-refractivity contribution in [3.8, 4) is 0 Å². The van der Waals surface area contributed by atoms with E-state index in [1.807, 2.05) is 0 Å². The van der Waals surface area contributed by atoms with Crippen LogP contribution in [0.2, 0.25) is 0 Å². The van der Waals surface area contributed by atoms with Crippen LogP contribution < -0.4 is 4.90 Å². The van der Waals surface area contributed by atoms with Crippen LogP contribution in [0.4, 0.5) is 5.69 Å². The van der Waals surface area contributed by atoms with Gasteiger partial charge < -0.3 is 9.80 Å². The number of carbonyl (C=O) groups excluding carboxylic acids is 1. The summed E-state index contributed by atoms with van der Waals surface area (Å²) in [5.74, 6) is 0.331. The zero-order valence-corrected chi connectivity index (χ0v) is 14.2. The number of fused-ring (bicyclic) bond motifs is 2. The van der Waals surface area contributed by atoms with E-state index in [9.17, 15) is 4.79 Å². The van der Waals surface area contributed by atoms with Crippen molar-refractivity contribution < 1.29 is 4.79 Å². The zero-order valence-electron chi connectivity index (χ0n) is 14.2. The van der Waals surface area contributed by atoms with E-state index in [0.29, 0.717) is 5.91 Å². The average Bonchev–Trinajstić information content (AvgIpc) is 2.80. The number of hydrogen-bond acceptors (Lipinski definition) is 2. The maximum absolute atomic E-state index is 13.3. The molecule has 2 aromatic rings. The molecular weight excluding hydrogens is 296 g/mol. The molecule has 0 saturated heterocycles. The summed E-state index contributed by atoms with van der Waals surface area (Å²) >= 11 is 0.